The van der Waals surface area contributed by atoms with Crippen molar-refractivity contribution >= 4 is 0 Å². The molecule has 0 radical (unpaired) electrons. The number of aryl methyl sites for hydroxylation is 2. The third-order valence-corrected chi connectivity index (χ3v) is 3.99. The van der Waals surface area contributed by atoms with E-state index in [4.69, 9.17) is 9.84 Å². The second kappa shape index (κ2) is 8.48. The van der Waals surface area contributed by atoms with Crippen molar-refractivity contribution in [3.63, 3.8) is 0 Å². The van der Waals surface area contributed by atoms with Gasteiger partial charge in [-0.1, -0.05) is 6.07 Å². The highest BCUT2D eigenvalue weighted by Crippen LogP contribution is 2.16. The topological polar surface area (TPSA) is 56.2 Å². The lowest BCUT2D eigenvalue weighted by Gasteiger charge is -2.35. The zero-order valence-corrected chi connectivity index (χ0v) is 13.7. The van der Waals surface area contributed by atoms with Gasteiger partial charge in [-0.05, 0) is 37.1 Å². The van der Waals surface area contributed by atoms with E-state index in [1.54, 1.807) is 0 Å². The van der Waals surface area contributed by atoms with Crippen LogP contribution in [0.1, 0.15) is 11.1 Å². The third-order valence-electron chi connectivity index (χ3n) is 3.99. The first-order valence-corrected chi connectivity index (χ1v) is 8.01. The summed E-state index contributed by atoms with van der Waals surface area (Å²) in [5, 5.41) is 19.1. The second-order valence-electron chi connectivity index (χ2n) is 6.15. The number of aliphatic hydroxyl groups is 2. The van der Waals surface area contributed by atoms with E-state index in [2.05, 4.69) is 15.9 Å². The highest BCUT2D eigenvalue weighted by molar-refractivity contribution is 5.32. The van der Waals surface area contributed by atoms with Crippen LogP contribution in [-0.2, 0) is 0 Å². The number of hydrogen-bond donors (Lipinski definition) is 2. The minimum atomic E-state index is -0.481. The van der Waals surface area contributed by atoms with Gasteiger partial charge in [-0.25, -0.2) is 0 Å². The van der Waals surface area contributed by atoms with Crippen LogP contribution < -0.4 is 4.74 Å². The van der Waals surface area contributed by atoms with Crippen LogP contribution in [0.4, 0.5) is 0 Å². The molecule has 2 N–H and O–H groups in total. The Morgan fingerprint density at radius 2 is 1.64 bits per heavy atom. The second-order valence-corrected chi connectivity index (χ2v) is 6.15. The number of β-amino-alcohol motifs (C(OH)–C–C–N with tert-alkyl or cyclic N) is 2. The van der Waals surface area contributed by atoms with Gasteiger partial charge in [0.2, 0.25) is 0 Å². The molecule has 0 aliphatic carbocycles. The van der Waals surface area contributed by atoms with Crippen molar-refractivity contribution in [1.29, 1.82) is 0 Å². The van der Waals surface area contributed by atoms with Crippen molar-refractivity contribution in [3.8, 4) is 5.75 Å². The number of benzene rings is 1. The average molecular weight is 308 g/mol. The Balaban J connectivity index is 1.71. The van der Waals surface area contributed by atoms with E-state index >= 15 is 0 Å². The first-order chi connectivity index (χ1) is 10.6. The van der Waals surface area contributed by atoms with Crippen LogP contribution in [-0.4, -0.2) is 78.6 Å². The smallest absolute Gasteiger partial charge is 0.119 e. The van der Waals surface area contributed by atoms with Crippen LogP contribution >= 0.6 is 0 Å². The maximum absolute atomic E-state index is 10.2. The lowest BCUT2D eigenvalue weighted by atomic mass is 10.1. The highest BCUT2D eigenvalue weighted by atomic mass is 16.5. The molecule has 0 saturated carbocycles. The number of ether oxygens (including phenoxy) is 1. The van der Waals surface area contributed by atoms with Gasteiger partial charge in [0.1, 0.15) is 18.5 Å². The fourth-order valence-electron chi connectivity index (χ4n) is 2.90. The minimum Gasteiger partial charge on any atom is -0.491 e. The summed E-state index contributed by atoms with van der Waals surface area (Å²) >= 11 is 0. The summed E-state index contributed by atoms with van der Waals surface area (Å²) in [6, 6.07) is 6.09. The summed E-state index contributed by atoms with van der Waals surface area (Å²) in [5.41, 5.74) is 2.34. The van der Waals surface area contributed by atoms with Gasteiger partial charge in [0.05, 0.1) is 6.61 Å². The Bertz CT molecular complexity index is 439. The van der Waals surface area contributed by atoms with E-state index in [1.807, 2.05) is 26.0 Å². The first kappa shape index (κ1) is 17.2. The summed E-state index contributed by atoms with van der Waals surface area (Å²) in [6.07, 6.45) is -0.481. The molecule has 1 saturated heterocycles. The molecular formula is C17H28N2O3. The molecule has 1 heterocycles. The van der Waals surface area contributed by atoms with Crippen molar-refractivity contribution < 1.29 is 14.9 Å². The Labute approximate surface area is 133 Å². The van der Waals surface area contributed by atoms with Crippen LogP contribution in [0.25, 0.3) is 0 Å². The zero-order valence-electron chi connectivity index (χ0n) is 13.7. The average Bonchev–Trinajstić information content (AvgIpc) is 2.47. The van der Waals surface area contributed by atoms with Crippen LogP contribution in [0.2, 0.25) is 0 Å². The predicted octanol–water partition coefficient (Wildman–Crippen LogP) is 0.653. The van der Waals surface area contributed by atoms with Gasteiger partial charge in [0.15, 0.2) is 0 Å². The molecule has 1 aliphatic heterocycles. The van der Waals surface area contributed by atoms with Crippen molar-refractivity contribution in [1.82, 2.24) is 9.80 Å². The molecule has 1 aromatic carbocycles. The Kier molecular flexibility index (Phi) is 6.64. The largest absolute Gasteiger partial charge is 0.491 e. The molecule has 124 valence electrons. The molecule has 2 rings (SSSR count). The normalized spacial score (nSPS) is 18.4. The van der Waals surface area contributed by atoms with Crippen molar-refractivity contribution in [2.24, 2.45) is 0 Å². The van der Waals surface area contributed by atoms with Gasteiger partial charge >= 0.3 is 0 Å². The molecule has 5 heteroatoms. The number of rotatable bonds is 7. The third kappa shape index (κ3) is 5.57. The monoisotopic (exact) mass is 308 g/mol. The van der Waals surface area contributed by atoms with Gasteiger partial charge in [0.25, 0.3) is 0 Å². The summed E-state index contributed by atoms with van der Waals surface area (Å²) in [4.78, 5) is 4.50. The maximum atomic E-state index is 10.2. The minimum absolute atomic E-state index is 0.215. The Morgan fingerprint density at radius 1 is 1.05 bits per heavy atom. The van der Waals surface area contributed by atoms with E-state index in [1.165, 1.54) is 11.1 Å². The molecule has 1 fully saturated rings. The molecular weight excluding hydrogens is 280 g/mol. The van der Waals surface area contributed by atoms with Gasteiger partial charge in [0, 0.05) is 39.3 Å². The zero-order chi connectivity index (χ0) is 15.9. The highest BCUT2D eigenvalue weighted by Gasteiger charge is 2.19. The summed E-state index contributed by atoms with van der Waals surface area (Å²) in [7, 11) is 0. The van der Waals surface area contributed by atoms with Crippen molar-refractivity contribution in [2.75, 3.05) is 52.5 Å². The van der Waals surface area contributed by atoms with Crippen molar-refractivity contribution in [2.45, 2.75) is 20.0 Å². The van der Waals surface area contributed by atoms with Crippen LogP contribution in [0.5, 0.6) is 5.75 Å². The van der Waals surface area contributed by atoms with Gasteiger partial charge in [-0.15, -0.1) is 0 Å². The van der Waals surface area contributed by atoms with E-state index in [9.17, 15) is 5.11 Å². The summed E-state index contributed by atoms with van der Waals surface area (Å²) in [6.45, 7) is 9.76. The number of aliphatic hydroxyl groups excluding tert-OH is 2. The SMILES string of the molecule is Cc1cc(C)cc(OC[C@H](O)CN2CCN(CCO)CC2)c1. The Hall–Kier alpha value is -1.14. The maximum Gasteiger partial charge on any atom is 0.119 e. The molecule has 0 aromatic heterocycles. The molecule has 1 atom stereocenters. The summed E-state index contributed by atoms with van der Waals surface area (Å²) in [5.74, 6) is 0.823. The fraction of sp³-hybridized carbons (Fsp3) is 0.647. The quantitative estimate of drug-likeness (QED) is 0.775. The Morgan fingerprint density at radius 3 is 2.23 bits per heavy atom. The predicted molar refractivity (Wildman–Crippen MR) is 87.4 cm³/mol. The molecule has 1 aromatic rings. The molecule has 1 aliphatic rings. The number of hydrogen-bond acceptors (Lipinski definition) is 5. The molecule has 0 amide bonds. The molecule has 0 bridgehead atoms. The van der Waals surface area contributed by atoms with Crippen LogP contribution in [0.3, 0.4) is 0 Å². The van der Waals surface area contributed by atoms with E-state index < -0.39 is 6.10 Å². The number of piperazine rings is 1. The molecule has 5 nitrogen and oxygen atoms in total. The van der Waals surface area contributed by atoms with Crippen LogP contribution in [0, 0.1) is 13.8 Å². The molecule has 22 heavy (non-hydrogen) atoms. The van der Waals surface area contributed by atoms with E-state index in [-0.39, 0.29) is 6.61 Å². The number of nitrogens with zero attached hydrogens (tertiary/aromatic N) is 2. The fourth-order valence-corrected chi connectivity index (χ4v) is 2.90. The molecule has 0 spiro atoms. The first-order valence-electron chi connectivity index (χ1n) is 8.01. The van der Waals surface area contributed by atoms with E-state index in [0.29, 0.717) is 13.2 Å². The standard InChI is InChI=1S/C17H28N2O3/c1-14-9-15(2)11-17(10-14)22-13-16(21)12-19-5-3-18(4-6-19)7-8-20/h9-11,16,20-21H,3-8,12-13H2,1-2H3/t16-/m1/s1. The van der Waals surface area contributed by atoms with Crippen molar-refractivity contribution in [3.05, 3.63) is 29.3 Å². The van der Waals surface area contributed by atoms with Gasteiger partial charge < -0.3 is 14.9 Å². The van der Waals surface area contributed by atoms with E-state index in [0.717, 1.165) is 38.5 Å². The van der Waals surface area contributed by atoms with Gasteiger partial charge in [-0.2, -0.15) is 0 Å². The van der Waals surface area contributed by atoms with Crippen LogP contribution in [0.15, 0.2) is 18.2 Å². The summed E-state index contributed by atoms with van der Waals surface area (Å²) < 4.78 is 5.71. The lowest BCUT2D eigenvalue weighted by Crippen LogP contribution is -2.49. The van der Waals surface area contributed by atoms with Gasteiger partial charge in [-0.3, -0.25) is 9.80 Å². The molecule has 0 unspecified atom stereocenters. The lowest BCUT2D eigenvalue weighted by molar-refractivity contribution is 0.0428.